The number of hydrogen-bond donors (Lipinski definition) is 0. The van der Waals surface area contributed by atoms with Crippen molar-refractivity contribution in [3.8, 4) is 0 Å². The highest BCUT2D eigenvalue weighted by molar-refractivity contribution is 7.90. The van der Waals surface area contributed by atoms with Crippen molar-refractivity contribution in [2.45, 2.75) is 19.8 Å². The molecule has 0 radical (unpaired) electrons. The average Bonchev–Trinajstić information content (AvgIpc) is 1.85. The lowest BCUT2D eigenvalue weighted by molar-refractivity contribution is 0.566. The van der Waals surface area contributed by atoms with E-state index in [2.05, 4.69) is 0 Å². The fourth-order valence-corrected chi connectivity index (χ4v) is 1.62. The van der Waals surface area contributed by atoms with E-state index in [0.29, 0.717) is 11.8 Å². The summed E-state index contributed by atoms with van der Waals surface area (Å²) in [5, 5.41) is 0. The zero-order valence-corrected chi connectivity index (χ0v) is 8.58. The van der Waals surface area contributed by atoms with Gasteiger partial charge >= 0.3 is 0 Å². The first-order chi connectivity index (χ1) is 4.95. The van der Waals surface area contributed by atoms with Crippen molar-refractivity contribution in [1.82, 2.24) is 0 Å². The van der Waals surface area contributed by atoms with Crippen LogP contribution in [-0.2, 0) is 9.84 Å². The normalized spacial score (nSPS) is 14.8. The van der Waals surface area contributed by atoms with Crippen LogP contribution in [0, 0.1) is 5.92 Å². The van der Waals surface area contributed by atoms with Crippen LogP contribution in [0.4, 0.5) is 0 Å². The van der Waals surface area contributed by atoms with Crippen molar-refractivity contribution in [2.24, 2.45) is 5.92 Å². The van der Waals surface area contributed by atoms with Crippen molar-refractivity contribution in [2.75, 3.05) is 17.9 Å². The second-order valence-electron chi connectivity index (χ2n) is 3.03. The van der Waals surface area contributed by atoms with Gasteiger partial charge in [0.2, 0.25) is 0 Å². The molecule has 0 amide bonds. The van der Waals surface area contributed by atoms with E-state index in [1.165, 1.54) is 6.26 Å². The molecule has 0 aromatic carbocycles. The van der Waals surface area contributed by atoms with Gasteiger partial charge in [0.1, 0.15) is 9.84 Å². The zero-order valence-electron chi connectivity index (χ0n) is 7.01. The van der Waals surface area contributed by atoms with Crippen molar-refractivity contribution in [1.29, 1.82) is 0 Å². The summed E-state index contributed by atoms with van der Waals surface area (Å²) in [6, 6.07) is 0. The van der Waals surface area contributed by atoms with E-state index in [9.17, 15) is 8.42 Å². The Balaban J connectivity index is 3.43. The first kappa shape index (κ1) is 11.2. The lowest BCUT2D eigenvalue weighted by Gasteiger charge is -2.04. The quantitative estimate of drug-likeness (QED) is 0.630. The maximum absolute atomic E-state index is 10.7. The average molecular weight is 199 g/mol. The standard InChI is InChI=1S/C7H15ClO2S/c1-7(6-8)4-3-5-11(2,9)10/h7H,3-6H2,1-2H3. The third-order valence-electron chi connectivity index (χ3n) is 1.48. The second kappa shape index (κ2) is 4.99. The predicted octanol–water partition coefficient (Wildman–Crippen LogP) is 1.69. The Morgan fingerprint density at radius 2 is 2.00 bits per heavy atom. The number of halogens is 1. The third-order valence-corrected chi connectivity index (χ3v) is 3.03. The maximum atomic E-state index is 10.7. The highest BCUT2D eigenvalue weighted by Crippen LogP contribution is 2.07. The Morgan fingerprint density at radius 1 is 1.45 bits per heavy atom. The van der Waals surface area contributed by atoms with Crippen LogP contribution in [0.25, 0.3) is 0 Å². The maximum Gasteiger partial charge on any atom is 0.147 e. The number of hydrogen-bond acceptors (Lipinski definition) is 2. The fraction of sp³-hybridized carbons (Fsp3) is 1.00. The number of alkyl halides is 1. The summed E-state index contributed by atoms with van der Waals surface area (Å²) in [6.07, 6.45) is 2.89. The molecule has 0 aliphatic rings. The van der Waals surface area contributed by atoms with Crippen molar-refractivity contribution in [3.63, 3.8) is 0 Å². The van der Waals surface area contributed by atoms with Gasteiger partial charge in [0.05, 0.1) is 0 Å². The van der Waals surface area contributed by atoms with E-state index in [1.54, 1.807) is 0 Å². The molecule has 0 N–H and O–H groups in total. The minimum Gasteiger partial charge on any atom is -0.229 e. The van der Waals surface area contributed by atoms with Gasteiger partial charge in [-0.1, -0.05) is 6.92 Å². The summed E-state index contributed by atoms with van der Waals surface area (Å²) in [5.41, 5.74) is 0. The van der Waals surface area contributed by atoms with Crippen LogP contribution in [-0.4, -0.2) is 26.3 Å². The van der Waals surface area contributed by atoms with E-state index in [0.717, 1.165) is 12.8 Å². The van der Waals surface area contributed by atoms with E-state index in [-0.39, 0.29) is 5.75 Å². The molecule has 0 fully saturated rings. The van der Waals surface area contributed by atoms with E-state index < -0.39 is 9.84 Å². The molecule has 0 saturated carbocycles. The first-order valence-electron chi connectivity index (χ1n) is 3.69. The molecule has 0 saturated heterocycles. The van der Waals surface area contributed by atoms with Gasteiger partial charge in [0.15, 0.2) is 0 Å². The van der Waals surface area contributed by atoms with Crippen LogP contribution in [0.2, 0.25) is 0 Å². The number of rotatable bonds is 5. The van der Waals surface area contributed by atoms with Gasteiger partial charge in [-0.2, -0.15) is 0 Å². The summed E-state index contributed by atoms with van der Waals surface area (Å²) in [6.45, 7) is 2.02. The minimum atomic E-state index is -2.77. The Hall–Kier alpha value is 0.240. The third kappa shape index (κ3) is 8.14. The largest absolute Gasteiger partial charge is 0.229 e. The second-order valence-corrected chi connectivity index (χ2v) is 5.60. The van der Waals surface area contributed by atoms with E-state index >= 15 is 0 Å². The molecule has 1 unspecified atom stereocenters. The molecule has 0 aliphatic heterocycles. The van der Waals surface area contributed by atoms with Gasteiger partial charge in [0.25, 0.3) is 0 Å². The van der Waals surface area contributed by atoms with Crippen LogP contribution in [0.1, 0.15) is 19.8 Å². The summed E-state index contributed by atoms with van der Waals surface area (Å²) in [4.78, 5) is 0. The Kier molecular flexibility index (Phi) is 5.10. The van der Waals surface area contributed by atoms with Crippen molar-refractivity contribution in [3.05, 3.63) is 0 Å². The molecule has 1 atom stereocenters. The van der Waals surface area contributed by atoms with Gasteiger partial charge in [-0.25, -0.2) is 8.42 Å². The first-order valence-corrected chi connectivity index (χ1v) is 6.29. The highest BCUT2D eigenvalue weighted by Gasteiger charge is 2.04. The van der Waals surface area contributed by atoms with Gasteiger partial charge < -0.3 is 0 Å². The molecule has 0 rings (SSSR count). The lowest BCUT2D eigenvalue weighted by Crippen LogP contribution is -2.05. The van der Waals surface area contributed by atoms with Crippen LogP contribution in [0.15, 0.2) is 0 Å². The molecular formula is C7H15ClO2S. The molecule has 0 aliphatic carbocycles. The van der Waals surface area contributed by atoms with Crippen LogP contribution >= 0.6 is 11.6 Å². The SMILES string of the molecule is CC(CCl)CCCS(C)(=O)=O. The Bertz CT molecular complexity index is 187. The molecule has 0 aromatic rings. The van der Waals surface area contributed by atoms with Crippen LogP contribution < -0.4 is 0 Å². The van der Waals surface area contributed by atoms with Gasteiger partial charge in [-0.05, 0) is 18.8 Å². The fourth-order valence-electron chi connectivity index (χ4n) is 0.771. The van der Waals surface area contributed by atoms with Crippen molar-refractivity contribution >= 4 is 21.4 Å². The molecule has 4 heteroatoms. The smallest absolute Gasteiger partial charge is 0.147 e. The summed E-state index contributed by atoms with van der Waals surface area (Å²) < 4.78 is 21.3. The summed E-state index contributed by atoms with van der Waals surface area (Å²) >= 11 is 5.55. The summed E-state index contributed by atoms with van der Waals surface area (Å²) in [5.74, 6) is 1.33. The molecular weight excluding hydrogens is 184 g/mol. The Labute approximate surface area is 73.9 Å². The van der Waals surface area contributed by atoms with Crippen molar-refractivity contribution < 1.29 is 8.42 Å². The van der Waals surface area contributed by atoms with Gasteiger partial charge in [-0.3, -0.25) is 0 Å². The highest BCUT2D eigenvalue weighted by atomic mass is 35.5. The van der Waals surface area contributed by atoms with Crippen LogP contribution in [0.5, 0.6) is 0 Å². The predicted molar refractivity (Wildman–Crippen MR) is 48.8 cm³/mol. The zero-order chi connectivity index (χ0) is 8.91. The monoisotopic (exact) mass is 198 g/mol. The Morgan fingerprint density at radius 3 is 2.36 bits per heavy atom. The van der Waals surface area contributed by atoms with Gasteiger partial charge in [-0.15, -0.1) is 11.6 Å². The van der Waals surface area contributed by atoms with Crippen LogP contribution in [0.3, 0.4) is 0 Å². The topological polar surface area (TPSA) is 34.1 Å². The summed E-state index contributed by atoms with van der Waals surface area (Å²) in [7, 11) is -2.77. The van der Waals surface area contributed by atoms with Gasteiger partial charge in [0, 0.05) is 17.9 Å². The molecule has 11 heavy (non-hydrogen) atoms. The molecule has 0 heterocycles. The van der Waals surface area contributed by atoms with E-state index in [1.807, 2.05) is 6.92 Å². The minimum absolute atomic E-state index is 0.286. The van der Waals surface area contributed by atoms with E-state index in [4.69, 9.17) is 11.6 Å². The number of sulfone groups is 1. The molecule has 0 aromatic heterocycles. The molecule has 0 spiro atoms. The molecule has 68 valence electrons. The molecule has 0 bridgehead atoms. The lowest BCUT2D eigenvalue weighted by atomic mass is 10.1. The molecule has 2 nitrogen and oxygen atoms in total.